The Morgan fingerprint density at radius 1 is 1.47 bits per heavy atom. The van der Waals surface area contributed by atoms with Crippen LogP contribution in [0.3, 0.4) is 0 Å². The summed E-state index contributed by atoms with van der Waals surface area (Å²) in [7, 11) is 0. The van der Waals surface area contributed by atoms with Gasteiger partial charge in [-0.2, -0.15) is 0 Å². The summed E-state index contributed by atoms with van der Waals surface area (Å²) < 4.78 is 5.26. The second-order valence-electron chi connectivity index (χ2n) is 3.90. The number of aliphatic hydroxyl groups is 2. The molecule has 2 rings (SSSR count). The lowest BCUT2D eigenvalue weighted by Crippen LogP contribution is -2.36. The van der Waals surface area contributed by atoms with E-state index in [0.717, 1.165) is 18.2 Å². The van der Waals surface area contributed by atoms with Crippen LogP contribution >= 0.6 is 11.3 Å². The molecule has 1 aliphatic rings. The minimum Gasteiger partial charge on any atom is -0.389 e. The van der Waals surface area contributed by atoms with Gasteiger partial charge in [0.1, 0.15) is 6.10 Å². The fourth-order valence-electron chi connectivity index (χ4n) is 1.64. The zero-order chi connectivity index (χ0) is 12.3. The van der Waals surface area contributed by atoms with Crippen LogP contribution in [0.25, 0.3) is 0 Å². The number of ether oxygens (including phenoxy) is 1. The van der Waals surface area contributed by atoms with Crippen molar-refractivity contribution in [3.8, 4) is 0 Å². The van der Waals surface area contributed by atoms with Gasteiger partial charge in [0.15, 0.2) is 5.13 Å². The Bertz CT molecular complexity index is 338. The number of hydrogen-bond donors (Lipinski definition) is 3. The molecule has 2 unspecified atom stereocenters. The van der Waals surface area contributed by atoms with Crippen LogP contribution in [0.4, 0.5) is 5.13 Å². The van der Waals surface area contributed by atoms with Crippen molar-refractivity contribution in [1.82, 2.24) is 4.98 Å². The van der Waals surface area contributed by atoms with Gasteiger partial charge in [-0.25, -0.2) is 4.98 Å². The number of aliphatic hydroxyl groups excluding tert-OH is 2. The molecule has 0 radical (unpaired) electrons. The summed E-state index contributed by atoms with van der Waals surface area (Å²) in [6.07, 6.45) is -1.97. The Morgan fingerprint density at radius 3 is 2.82 bits per heavy atom. The minimum absolute atomic E-state index is 0.0194. The van der Waals surface area contributed by atoms with Crippen LogP contribution < -0.4 is 10.6 Å². The maximum Gasteiger partial charge on any atom is 0.185 e. The molecule has 1 fully saturated rings. The van der Waals surface area contributed by atoms with Crippen molar-refractivity contribution < 1.29 is 14.9 Å². The highest BCUT2D eigenvalue weighted by Crippen LogP contribution is 2.26. The lowest BCUT2D eigenvalue weighted by Gasteiger charge is -2.26. The molecule has 0 bridgehead atoms. The van der Waals surface area contributed by atoms with E-state index in [0.29, 0.717) is 18.9 Å². The van der Waals surface area contributed by atoms with Crippen molar-refractivity contribution in [1.29, 1.82) is 0 Å². The lowest BCUT2D eigenvalue weighted by atomic mass is 10.1. The second-order valence-corrected chi connectivity index (χ2v) is 4.74. The monoisotopic (exact) mass is 259 g/mol. The fourth-order valence-corrected chi connectivity index (χ4v) is 2.55. The SMILES string of the molecule is NCC(O)C(O)c1csc(N2CCOCC2)n1. The summed E-state index contributed by atoms with van der Waals surface area (Å²) in [5, 5.41) is 21.8. The molecule has 4 N–H and O–H groups in total. The zero-order valence-electron chi connectivity index (χ0n) is 9.45. The number of hydrogen-bond acceptors (Lipinski definition) is 7. The maximum absolute atomic E-state index is 9.77. The van der Waals surface area contributed by atoms with Crippen molar-refractivity contribution >= 4 is 16.5 Å². The van der Waals surface area contributed by atoms with E-state index in [1.807, 2.05) is 0 Å². The van der Waals surface area contributed by atoms with E-state index in [-0.39, 0.29) is 6.54 Å². The third-order valence-corrected chi connectivity index (χ3v) is 3.62. The van der Waals surface area contributed by atoms with Crippen LogP contribution in [0.1, 0.15) is 11.8 Å². The van der Waals surface area contributed by atoms with Crippen molar-refractivity contribution in [2.24, 2.45) is 5.73 Å². The first kappa shape index (κ1) is 12.7. The molecular weight excluding hydrogens is 242 g/mol. The Kier molecular flexibility index (Phi) is 4.30. The number of morpholine rings is 1. The van der Waals surface area contributed by atoms with Crippen molar-refractivity contribution in [2.75, 3.05) is 37.7 Å². The molecule has 1 aromatic rings. The Labute approximate surface area is 104 Å². The highest BCUT2D eigenvalue weighted by molar-refractivity contribution is 7.13. The van der Waals surface area contributed by atoms with Crippen LogP contribution in [-0.4, -0.2) is 54.1 Å². The highest BCUT2D eigenvalue weighted by atomic mass is 32.1. The molecule has 0 amide bonds. The number of thiazole rings is 1. The zero-order valence-corrected chi connectivity index (χ0v) is 10.3. The van der Waals surface area contributed by atoms with E-state index in [4.69, 9.17) is 10.5 Å². The van der Waals surface area contributed by atoms with E-state index in [2.05, 4.69) is 9.88 Å². The molecule has 2 heterocycles. The Morgan fingerprint density at radius 2 is 2.18 bits per heavy atom. The van der Waals surface area contributed by atoms with Gasteiger partial charge in [-0.3, -0.25) is 0 Å². The van der Waals surface area contributed by atoms with Gasteiger partial charge < -0.3 is 25.6 Å². The van der Waals surface area contributed by atoms with E-state index < -0.39 is 12.2 Å². The molecule has 1 aromatic heterocycles. The Balaban J connectivity index is 2.04. The third-order valence-electron chi connectivity index (χ3n) is 2.70. The smallest absolute Gasteiger partial charge is 0.185 e. The largest absolute Gasteiger partial charge is 0.389 e. The highest BCUT2D eigenvalue weighted by Gasteiger charge is 2.22. The summed E-state index contributed by atoms with van der Waals surface area (Å²) >= 11 is 1.46. The Hall–Kier alpha value is -0.730. The van der Waals surface area contributed by atoms with Gasteiger partial charge in [0.05, 0.1) is 25.0 Å². The molecule has 0 saturated carbocycles. The van der Waals surface area contributed by atoms with E-state index in [1.165, 1.54) is 11.3 Å². The molecule has 7 heteroatoms. The molecule has 0 spiro atoms. The summed E-state index contributed by atoms with van der Waals surface area (Å²) in [5.74, 6) is 0. The lowest BCUT2D eigenvalue weighted by molar-refractivity contribution is 0.0221. The average molecular weight is 259 g/mol. The fraction of sp³-hybridized carbons (Fsp3) is 0.700. The van der Waals surface area contributed by atoms with Crippen LogP contribution in [0.2, 0.25) is 0 Å². The van der Waals surface area contributed by atoms with Gasteiger partial charge in [0, 0.05) is 25.0 Å². The van der Waals surface area contributed by atoms with Gasteiger partial charge in [-0.1, -0.05) is 0 Å². The summed E-state index contributed by atoms with van der Waals surface area (Å²) in [6, 6.07) is 0. The molecule has 96 valence electrons. The number of nitrogens with two attached hydrogens (primary N) is 1. The first-order valence-electron chi connectivity index (χ1n) is 5.56. The topological polar surface area (TPSA) is 91.8 Å². The molecule has 1 saturated heterocycles. The van der Waals surface area contributed by atoms with Crippen LogP contribution in [0, 0.1) is 0 Å². The quantitative estimate of drug-likeness (QED) is 0.664. The predicted octanol–water partition coefficient (Wildman–Crippen LogP) is -0.667. The molecule has 0 aliphatic carbocycles. The molecule has 1 aliphatic heterocycles. The second kappa shape index (κ2) is 5.74. The molecule has 0 aromatic carbocycles. The van der Waals surface area contributed by atoms with Gasteiger partial charge in [0.2, 0.25) is 0 Å². The van der Waals surface area contributed by atoms with Crippen molar-refractivity contribution in [3.63, 3.8) is 0 Å². The van der Waals surface area contributed by atoms with Crippen LogP contribution in [0.5, 0.6) is 0 Å². The van der Waals surface area contributed by atoms with Gasteiger partial charge in [0.25, 0.3) is 0 Å². The van der Waals surface area contributed by atoms with Crippen LogP contribution in [-0.2, 0) is 4.74 Å². The predicted molar refractivity (Wildman–Crippen MR) is 65.2 cm³/mol. The first-order chi connectivity index (χ1) is 8.22. The molecule has 17 heavy (non-hydrogen) atoms. The number of nitrogens with zero attached hydrogens (tertiary/aromatic N) is 2. The number of rotatable bonds is 4. The van der Waals surface area contributed by atoms with E-state index >= 15 is 0 Å². The maximum atomic E-state index is 9.77. The van der Waals surface area contributed by atoms with Gasteiger partial charge >= 0.3 is 0 Å². The van der Waals surface area contributed by atoms with Crippen molar-refractivity contribution in [3.05, 3.63) is 11.1 Å². The minimum atomic E-state index is -1.01. The molecule has 2 atom stereocenters. The van der Waals surface area contributed by atoms with Gasteiger partial charge in [-0.15, -0.1) is 11.3 Å². The third kappa shape index (κ3) is 2.93. The summed E-state index contributed by atoms with van der Waals surface area (Å²) in [4.78, 5) is 6.44. The summed E-state index contributed by atoms with van der Waals surface area (Å²) in [6.45, 7) is 3.03. The molecular formula is C10H17N3O3S. The van der Waals surface area contributed by atoms with Gasteiger partial charge in [-0.05, 0) is 0 Å². The normalized spacial score (nSPS) is 20.3. The van der Waals surface area contributed by atoms with Crippen LogP contribution in [0.15, 0.2) is 5.38 Å². The summed E-state index contributed by atoms with van der Waals surface area (Å²) in [5.41, 5.74) is 5.78. The standard InChI is InChI=1S/C10H17N3O3S/c11-5-8(14)9(15)7-6-17-10(12-7)13-1-3-16-4-2-13/h6,8-9,14-15H,1-5,11H2. The molecule has 6 nitrogen and oxygen atoms in total. The number of anilines is 1. The number of aromatic nitrogens is 1. The van der Waals surface area contributed by atoms with Crippen molar-refractivity contribution in [2.45, 2.75) is 12.2 Å². The first-order valence-corrected chi connectivity index (χ1v) is 6.44. The van der Waals surface area contributed by atoms with E-state index in [1.54, 1.807) is 5.38 Å². The van der Waals surface area contributed by atoms with E-state index in [9.17, 15) is 10.2 Å². The average Bonchev–Trinajstić information content (AvgIpc) is 2.87.